The maximum atomic E-state index is 12.2. The number of nitrogens with zero attached hydrogens (tertiary/aromatic N) is 2. The molecule has 2 aromatic heterocycles. The molecule has 2 aromatic rings. The summed E-state index contributed by atoms with van der Waals surface area (Å²) in [7, 11) is 1.42. The van der Waals surface area contributed by atoms with Crippen molar-refractivity contribution in [3.8, 4) is 0 Å². The van der Waals surface area contributed by atoms with E-state index in [1.165, 1.54) is 12.0 Å². The van der Waals surface area contributed by atoms with Gasteiger partial charge < -0.3 is 15.4 Å². The predicted molar refractivity (Wildman–Crippen MR) is 103 cm³/mol. The van der Waals surface area contributed by atoms with Crippen molar-refractivity contribution in [2.75, 3.05) is 12.4 Å². The molecule has 0 aliphatic heterocycles. The van der Waals surface area contributed by atoms with Crippen molar-refractivity contribution < 1.29 is 9.53 Å². The number of fused-ring (bicyclic) bond motifs is 1. The van der Waals surface area contributed by atoms with Gasteiger partial charge in [0.25, 0.3) is 0 Å². The van der Waals surface area contributed by atoms with Gasteiger partial charge in [-0.2, -0.15) is 5.10 Å². The highest BCUT2D eigenvalue weighted by molar-refractivity contribution is 7.80. The van der Waals surface area contributed by atoms with E-state index in [0.717, 1.165) is 48.5 Å². The van der Waals surface area contributed by atoms with Crippen LogP contribution in [0.2, 0.25) is 0 Å². The summed E-state index contributed by atoms with van der Waals surface area (Å²) in [5.41, 5.74) is 2.68. The first kappa shape index (κ1) is 17.9. The molecule has 134 valence electrons. The zero-order chi connectivity index (χ0) is 17.8. The van der Waals surface area contributed by atoms with E-state index in [-0.39, 0.29) is 5.97 Å². The van der Waals surface area contributed by atoms with E-state index in [2.05, 4.69) is 15.7 Å². The van der Waals surface area contributed by atoms with Crippen molar-refractivity contribution in [1.29, 1.82) is 0 Å². The Morgan fingerprint density at radius 2 is 2.24 bits per heavy atom. The number of esters is 1. The first-order chi connectivity index (χ1) is 12.1. The van der Waals surface area contributed by atoms with Gasteiger partial charge in [-0.05, 0) is 56.5 Å². The fraction of sp³-hybridized carbons (Fsp3) is 0.471. The summed E-state index contributed by atoms with van der Waals surface area (Å²) >= 11 is 7.00. The summed E-state index contributed by atoms with van der Waals surface area (Å²) < 4.78 is 6.85. The lowest BCUT2D eigenvalue weighted by atomic mass is 9.95. The zero-order valence-electron chi connectivity index (χ0n) is 14.4. The molecule has 0 bridgehead atoms. The van der Waals surface area contributed by atoms with Crippen molar-refractivity contribution in [1.82, 2.24) is 15.1 Å². The van der Waals surface area contributed by atoms with Crippen molar-refractivity contribution in [3.05, 3.63) is 34.0 Å². The lowest BCUT2D eigenvalue weighted by Gasteiger charge is -2.12. The Hall–Kier alpha value is -1.93. The summed E-state index contributed by atoms with van der Waals surface area (Å²) in [4.78, 5) is 13.5. The predicted octanol–water partition coefficient (Wildman–Crippen LogP) is 3.12. The number of thiophene rings is 1. The number of ether oxygens (including phenoxy) is 1. The maximum Gasteiger partial charge on any atom is 0.341 e. The van der Waals surface area contributed by atoms with Crippen LogP contribution in [-0.2, 0) is 30.7 Å². The van der Waals surface area contributed by atoms with E-state index in [1.807, 2.05) is 23.9 Å². The molecule has 0 saturated heterocycles. The smallest absolute Gasteiger partial charge is 0.341 e. The second kappa shape index (κ2) is 7.97. The Bertz CT molecular complexity index is 782. The lowest BCUT2D eigenvalue weighted by Crippen LogP contribution is -2.28. The fourth-order valence-corrected chi connectivity index (χ4v) is 4.48. The molecule has 0 unspecified atom stereocenters. The first-order valence-electron chi connectivity index (χ1n) is 8.42. The summed E-state index contributed by atoms with van der Waals surface area (Å²) in [6, 6.07) is 1.96. The molecular weight excluding hydrogens is 356 g/mol. The Morgan fingerprint density at radius 3 is 2.96 bits per heavy atom. The minimum absolute atomic E-state index is 0.300. The molecule has 2 N–H and O–H groups in total. The molecule has 25 heavy (non-hydrogen) atoms. The molecular formula is C17H22N4O2S2. The number of carbonyl (C=O) groups is 1. The van der Waals surface area contributed by atoms with Gasteiger partial charge in [-0.15, -0.1) is 11.3 Å². The van der Waals surface area contributed by atoms with Crippen molar-refractivity contribution in [2.45, 2.75) is 45.7 Å². The zero-order valence-corrected chi connectivity index (χ0v) is 16.1. The van der Waals surface area contributed by atoms with Gasteiger partial charge >= 0.3 is 5.97 Å². The van der Waals surface area contributed by atoms with Crippen LogP contribution in [0.4, 0.5) is 5.00 Å². The van der Waals surface area contributed by atoms with Gasteiger partial charge in [0.2, 0.25) is 0 Å². The maximum absolute atomic E-state index is 12.2. The van der Waals surface area contributed by atoms with E-state index in [1.54, 1.807) is 11.3 Å². The molecule has 0 radical (unpaired) electrons. The topological polar surface area (TPSA) is 68.2 Å². The minimum atomic E-state index is -0.300. The number of methoxy groups -OCH3 is 1. The molecule has 3 rings (SSSR count). The van der Waals surface area contributed by atoms with Crippen LogP contribution >= 0.6 is 23.6 Å². The number of thiocarbonyl (C=S) groups is 1. The van der Waals surface area contributed by atoms with E-state index in [0.29, 0.717) is 17.2 Å². The van der Waals surface area contributed by atoms with Crippen LogP contribution in [0.3, 0.4) is 0 Å². The van der Waals surface area contributed by atoms with Crippen LogP contribution in [0.1, 0.15) is 46.3 Å². The number of aromatic nitrogens is 2. The number of nitrogens with one attached hydrogen (secondary N) is 2. The molecule has 8 heteroatoms. The SMILES string of the molecule is CCn1ccc(CNC(=S)Nc2sc3c(c2C(=O)OC)CCCC3)n1. The highest BCUT2D eigenvalue weighted by Crippen LogP contribution is 2.38. The highest BCUT2D eigenvalue weighted by Gasteiger charge is 2.26. The van der Waals surface area contributed by atoms with E-state index < -0.39 is 0 Å². The van der Waals surface area contributed by atoms with E-state index in [4.69, 9.17) is 17.0 Å². The summed E-state index contributed by atoms with van der Waals surface area (Å²) in [5, 5.41) is 12.0. The number of hydrogen-bond donors (Lipinski definition) is 2. The number of hydrogen-bond acceptors (Lipinski definition) is 5. The van der Waals surface area contributed by atoms with Crippen LogP contribution in [0.5, 0.6) is 0 Å². The molecule has 2 heterocycles. The molecule has 0 spiro atoms. The van der Waals surface area contributed by atoms with Gasteiger partial charge in [-0.3, -0.25) is 4.68 Å². The molecule has 0 aromatic carbocycles. The Morgan fingerprint density at radius 1 is 1.44 bits per heavy atom. The summed E-state index contributed by atoms with van der Waals surface area (Å²) in [5.74, 6) is -0.300. The minimum Gasteiger partial charge on any atom is -0.465 e. The molecule has 1 aliphatic rings. The Labute approximate surface area is 156 Å². The van der Waals surface area contributed by atoms with Crippen molar-refractivity contribution >= 4 is 39.6 Å². The molecule has 1 aliphatic carbocycles. The third kappa shape index (κ3) is 4.01. The van der Waals surface area contributed by atoms with Crippen molar-refractivity contribution in [2.24, 2.45) is 0 Å². The molecule has 0 saturated carbocycles. The highest BCUT2D eigenvalue weighted by atomic mass is 32.1. The van der Waals surface area contributed by atoms with Crippen LogP contribution in [0.15, 0.2) is 12.3 Å². The summed E-state index contributed by atoms with van der Waals surface area (Å²) in [6.45, 7) is 3.42. The number of anilines is 1. The molecule has 0 amide bonds. The van der Waals surface area contributed by atoms with Crippen LogP contribution in [0, 0.1) is 0 Å². The van der Waals surface area contributed by atoms with Gasteiger partial charge in [-0.25, -0.2) is 4.79 Å². The van der Waals surface area contributed by atoms with E-state index >= 15 is 0 Å². The largest absolute Gasteiger partial charge is 0.465 e. The Balaban J connectivity index is 1.70. The molecule has 0 atom stereocenters. The quantitative estimate of drug-likeness (QED) is 0.615. The van der Waals surface area contributed by atoms with E-state index in [9.17, 15) is 4.79 Å². The van der Waals surface area contributed by atoms with Gasteiger partial charge in [-0.1, -0.05) is 0 Å². The van der Waals surface area contributed by atoms with Gasteiger partial charge in [0.05, 0.1) is 24.9 Å². The standard InChI is InChI=1S/C17H22N4O2S2/c1-3-21-9-8-11(20-21)10-18-17(24)19-15-14(16(22)23-2)12-6-4-5-7-13(12)25-15/h8-9H,3-7,10H2,1-2H3,(H2,18,19,24). The van der Waals surface area contributed by atoms with Gasteiger partial charge in [0.15, 0.2) is 5.11 Å². The molecule has 6 nitrogen and oxygen atoms in total. The first-order valence-corrected chi connectivity index (χ1v) is 9.64. The van der Waals surface area contributed by atoms with Crippen molar-refractivity contribution in [3.63, 3.8) is 0 Å². The average Bonchev–Trinajstić information content (AvgIpc) is 3.23. The fourth-order valence-electron chi connectivity index (χ4n) is 2.96. The van der Waals surface area contributed by atoms with Crippen LogP contribution in [0.25, 0.3) is 0 Å². The normalized spacial score (nSPS) is 13.2. The van der Waals surface area contributed by atoms with Gasteiger partial charge in [0.1, 0.15) is 5.00 Å². The van der Waals surface area contributed by atoms with Crippen LogP contribution in [-0.4, -0.2) is 28.0 Å². The van der Waals surface area contributed by atoms with Gasteiger partial charge in [0, 0.05) is 17.6 Å². The number of aryl methyl sites for hydroxylation is 2. The summed E-state index contributed by atoms with van der Waals surface area (Å²) in [6.07, 6.45) is 6.15. The Kier molecular flexibility index (Phi) is 5.70. The van der Waals surface area contributed by atoms with Crippen LogP contribution < -0.4 is 10.6 Å². The average molecular weight is 379 g/mol. The second-order valence-corrected chi connectivity index (χ2v) is 7.39. The third-order valence-corrected chi connectivity index (χ3v) is 5.69. The number of rotatable bonds is 5. The monoisotopic (exact) mass is 378 g/mol. The third-order valence-electron chi connectivity index (χ3n) is 4.24. The number of carbonyl (C=O) groups excluding carboxylic acids is 1. The molecule has 0 fully saturated rings. The lowest BCUT2D eigenvalue weighted by molar-refractivity contribution is 0.0601. The second-order valence-electron chi connectivity index (χ2n) is 5.88.